The van der Waals surface area contributed by atoms with E-state index in [-0.39, 0.29) is 12.0 Å². The highest BCUT2D eigenvalue weighted by Crippen LogP contribution is 2.11. The zero-order valence-corrected chi connectivity index (χ0v) is 11.2. The fourth-order valence-corrected chi connectivity index (χ4v) is 1.51. The van der Waals surface area contributed by atoms with Crippen LogP contribution in [0.25, 0.3) is 0 Å². The van der Waals surface area contributed by atoms with E-state index in [4.69, 9.17) is 5.11 Å². The summed E-state index contributed by atoms with van der Waals surface area (Å²) in [5.41, 5.74) is 0.102. The van der Waals surface area contributed by atoms with E-state index in [0.29, 0.717) is 19.6 Å². The molecule has 106 valence electrons. The molecule has 0 unspecified atom stereocenters. The molecule has 5 nitrogen and oxygen atoms in total. The van der Waals surface area contributed by atoms with E-state index in [9.17, 15) is 4.79 Å². The zero-order chi connectivity index (χ0) is 14.7. The second-order valence-electron chi connectivity index (χ2n) is 4.00. The molecule has 0 bridgehead atoms. The highest BCUT2D eigenvalue weighted by molar-refractivity contribution is 5.85. The summed E-state index contributed by atoms with van der Waals surface area (Å²) in [7, 11) is 0. The third kappa shape index (κ3) is 6.71. The van der Waals surface area contributed by atoms with Crippen LogP contribution in [0.5, 0.6) is 0 Å². The molecule has 0 saturated carbocycles. The van der Waals surface area contributed by atoms with Crippen molar-refractivity contribution in [2.75, 3.05) is 19.6 Å². The Labute approximate surface area is 114 Å². The second kappa shape index (κ2) is 9.27. The van der Waals surface area contributed by atoms with Crippen LogP contribution in [0.2, 0.25) is 0 Å². The molecular weight excluding hydrogens is 242 g/mol. The third-order valence-corrected chi connectivity index (χ3v) is 2.43. The van der Waals surface area contributed by atoms with Crippen molar-refractivity contribution < 1.29 is 9.90 Å². The van der Waals surface area contributed by atoms with E-state index >= 15 is 0 Å². The van der Waals surface area contributed by atoms with Crippen LogP contribution in [-0.2, 0) is 4.79 Å². The summed E-state index contributed by atoms with van der Waals surface area (Å²) in [5.74, 6) is -1.81. The van der Waals surface area contributed by atoms with E-state index in [0.717, 1.165) is 0 Å². The van der Waals surface area contributed by atoms with Gasteiger partial charge < -0.3 is 5.11 Å². The van der Waals surface area contributed by atoms with Gasteiger partial charge in [0.15, 0.2) is 0 Å². The van der Waals surface area contributed by atoms with Crippen molar-refractivity contribution in [2.24, 2.45) is 0 Å². The molecule has 4 N–H and O–H groups in total. The Bertz CT molecular complexity index is 319. The van der Waals surface area contributed by atoms with Gasteiger partial charge in [-0.1, -0.05) is 24.8 Å². The maximum Gasteiger partial charge on any atom is 0.331 e. The van der Waals surface area contributed by atoms with Gasteiger partial charge in [0, 0.05) is 31.6 Å². The Kier molecular flexibility index (Phi) is 8.44. The van der Waals surface area contributed by atoms with Gasteiger partial charge in [-0.25, -0.2) is 4.79 Å². The first kappa shape index (κ1) is 17.3. The number of aliphatic carboxylic acids is 1. The number of carboxylic acid groups (broad SMARTS) is 1. The molecule has 0 fully saturated rings. The summed E-state index contributed by atoms with van der Waals surface area (Å²) in [5, 5.41) is 18.5. The van der Waals surface area contributed by atoms with E-state index in [1.54, 1.807) is 18.2 Å². The zero-order valence-electron chi connectivity index (χ0n) is 11.2. The van der Waals surface area contributed by atoms with Gasteiger partial charge in [0.05, 0.1) is 0 Å². The minimum absolute atomic E-state index is 0.102. The van der Waals surface area contributed by atoms with E-state index < -0.39 is 11.8 Å². The molecule has 0 amide bonds. The Morgan fingerprint density at radius 2 is 1.37 bits per heavy atom. The Balaban J connectivity index is 4.99. The van der Waals surface area contributed by atoms with Crippen molar-refractivity contribution in [1.29, 1.82) is 0 Å². The SMILES string of the molecule is C=CCNC(CC(=C)C(=O)O)(NCC=C)NCC=C. The molecule has 5 heteroatoms. The van der Waals surface area contributed by atoms with Gasteiger partial charge in [-0.2, -0.15) is 0 Å². The Morgan fingerprint density at radius 1 is 1.00 bits per heavy atom. The van der Waals surface area contributed by atoms with Crippen LogP contribution in [0.3, 0.4) is 0 Å². The van der Waals surface area contributed by atoms with Crippen LogP contribution >= 0.6 is 0 Å². The number of carbonyl (C=O) groups is 1. The first-order valence-electron chi connectivity index (χ1n) is 6.00. The molecule has 0 atom stereocenters. The van der Waals surface area contributed by atoms with Gasteiger partial charge in [0.2, 0.25) is 0 Å². The van der Waals surface area contributed by atoms with E-state index in [1.807, 2.05) is 0 Å². The fraction of sp³-hybridized carbons (Fsp3) is 0.357. The molecule has 19 heavy (non-hydrogen) atoms. The minimum Gasteiger partial charge on any atom is -0.478 e. The highest BCUT2D eigenvalue weighted by Gasteiger charge is 2.29. The standard InChI is InChI=1S/C14H23N3O2/c1-5-8-15-14(16-9-6-2,17-10-7-3)11-12(4)13(18)19/h5-7,15-17H,1-4,8-11H2,(H,18,19). The van der Waals surface area contributed by atoms with Gasteiger partial charge in [-0.3, -0.25) is 16.0 Å². The summed E-state index contributed by atoms with van der Waals surface area (Å²) >= 11 is 0. The molecule has 0 heterocycles. The maximum absolute atomic E-state index is 11.0. The van der Waals surface area contributed by atoms with Crippen LogP contribution in [0.1, 0.15) is 6.42 Å². The molecule has 0 saturated heterocycles. The lowest BCUT2D eigenvalue weighted by Crippen LogP contribution is -2.66. The summed E-state index contributed by atoms with van der Waals surface area (Å²) in [6.45, 7) is 16.0. The smallest absolute Gasteiger partial charge is 0.331 e. The lowest BCUT2D eigenvalue weighted by Gasteiger charge is -2.36. The number of carboxylic acids is 1. The average molecular weight is 265 g/mol. The lowest BCUT2D eigenvalue weighted by molar-refractivity contribution is -0.133. The number of hydrogen-bond acceptors (Lipinski definition) is 4. The average Bonchev–Trinajstić information content (AvgIpc) is 2.40. The third-order valence-electron chi connectivity index (χ3n) is 2.43. The number of rotatable bonds is 12. The molecule has 0 aromatic carbocycles. The van der Waals surface area contributed by atoms with E-state index in [2.05, 4.69) is 42.3 Å². The molecule has 0 aliphatic rings. The summed E-state index contributed by atoms with van der Waals surface area (Å²) in [6, 6.07) is 0. The van der Waals surface area contributed by atoms with Gasteiger partial charge in [-0.15, -0.1) is 19.7 Å². The largest absolute Gasteiger partial charge is 0.478 e. The van der Waals surface area contributed by atoms with Crippen molar-refractivity contribution in [3.8, 4) is 0 Å². The van der Waals surface area contributed by atoms with Crippen molar-refractivity contribution in [3.63, 3.8) is 0 Å². The van der Waals surface area contributed by atoms with Gasteiger partial charge in [-0.05, 0) is 0 Å². The summed E-state index contributed by atoms with van der Waals surface area (Å²) in [6.07, 6.45) is 5.29. The first-order valence-corrected chi connectivity index (χ1v) is 6.00. The van der Waals surface area contributed by atoms with Crippen LogP contribution in [0.4, 0.5) is 0 Å². The van der Waals surface area contributed by atoms with Crippen molar-refractivity contribution in [2.45, 2.75) is 12.2 Å². The fourth-order valence-electron chi connectivity index (χ4n) is 1.51. The topological polar surface area (TPSA) is 73.4 Å². The predicted octanol–water partition coefficient (Wildman–Crippen LogP) is 0.998. The van der Waals surface area contributed by atoms with Crippen molar-refractivity contribution in [1.82, 2.24) is 16.0 Å². The first-order chi connectivity index (χ1) is 9.01. The van der Waals surface area contributed by atoms with Gasteiger partial charge >= 0.3 is 5.97 Å². The molecule has 0 aliphatic carbocycles. The minimum atomic E-state index is -1.02. The normalized spacial score (nSPS) is 10.7. The second-order valence-corrected chi connectivity index (χ2v) is 4.00. The van der Waals surface area contributed by atoms with Crippen LogP contribution in [-0.4, -0.2) is 36.5 Å². The molecule has 0 spiro atoms. The lowest BCUT2D eigenvalue weighted by atomic mass is 10.1. The molecular formula is C14H23N3O2. The van der Waals surface area contributed by atoms with Crippen molar-refractivity contribution in [3.05, 3.63) is 50.1 Å². The molecule has 0 rings (SSSR count). The molecule has 0 aromatic rings. The number of nitrogens with one attached hydrogen (secondary N) is 3. The summed E-state index contributed by atoms with van der Waals surface area (Å²) in [4.78, 5) is 11.0. The maximum atomic E-state index is 11.0. The Morgan fingerprint density at radius 3 is 1.63 bits per heavy atom. The van der Waals surface area contributed by atoms with Crippen LogP contribution in [0, 0.1) is 0 Å². The molecule has 0 aromatic heterocycles. The molecule has 0 aliphatic heterocycles. The quantitative estimate of drug-likeness (QED) is 0.241. The van der Waals surface area contributed by atoms with Crippen LogP contribution in [0.15, 0.2) is 50.1 Å². The predicted molar refractivity (Wildman–Crippen MR) is 78.7 cm³/mol. The highest BCUT2D eigenvalue weighted by atomic mass is 16.4. The monoisotopic (exact) mass is 265 g/mol. The number of hydrogen-bond donors (Lipinski definition) is 4. The van der Waals surface area contributed by atoms with Crippen molar-refractivity contribution >= 4 is 5.97 Å². The molecule has 0 radical (unpaired) electrons. The summed E-state index contributed by atoms with van der Waals surface area (Å²) < 4.78 is 0. The van der Waals surface area contributed by atoms with E-state index in [1.165, 1.54) is 0 Å². The van der Waals surface area contributed by atoms with Crippen LogP contribution < -0.4 is 16.0 Å². The van der Waals surface area contributed by atoms with Gasteiger partial charge in [0.25, 0.3) is 0 Å². The Hall–Kier alpha value is -1.69. The van der Waals surface area contributed by atoms with Gasteiger partial charge in [0.1, 0.15) is 5.79 Å².